The molecule has 0 aromatic heterocycles. The zero-order valence-corrected chi connectivity index (χ0v) is 15.6. The average molecular weight is 359 g/mol. The van der Waals surface area contributed by atoms with Gasteiger partial charge >= 0.3 is 119 Å². The molecule has 0 atom stereocenters. The van der Waals surface area contributed by atoms with Crippen LogP contribution in [-0.4, -0.2) is 24.7 Å². The van der Waals surface area contributed by atoms with Crippen LogP contribution in [0.2, 0.25) is 17.7 Å². The van der Waals surface area contributed by atoms with Gasteiger partial charge in [0.2, 0.25) is 0 Å². The van der Waals surface area contributed by atoms with Gasteiger partial charge in [0.25, 0.3) is 0 Å². The molecule has 106 valence electrons. The summed E-state index contributed by atoms with van der Waals surface area (Å²) in [5.41, 5.74) is 0. The Kier molecular flexibility index (Phi) is 12.4. The van der Waals surface area contributed by atoms with Crippen LogP contribution in [0.3, 0.4) is 0 Å². The molecule has 0 unspecified atom stereocenters. The predicted octanol–water partition coefficient (Wildman–Crippen LogP) is 5.59. The molecule has 0 fully saturated rings. The Morgan fingerprint density at radius 1 is 0.833 bits per heavy atom. The van der Waals surface area contributed by atoms with Crippen molar-refractivity contribution in [2.75, 3.05) is 0 Å². The first-order valence-electron chi connectivity index (χ1n) is 7.85. The van der Waals surface area contributed by atoms with Gasteiger partial charge in [-0.3, -0.25) is 0 Å². The van der Waals surface area contributed by atoms with Crippen molar-refractivity contribution in [1.29, 1.82) is 0 Å². The van der Waals surface area contributed by atoms with Gasteiger partial charge in [-0.15, -0.1) is 0 Å². The second-order valence-electron chi connectivity index (χ2n) is 5.58. The fourth-order valence-corrected chi connectivity index (χ4v) is 17.9. The minimum atomic E-state index is -1.96. The number of rotatable bonds is 12. The van der Waals surface area contributed by atoms with Crippen LogP contribution in [0.25, 0.3) is 0 Å². The van der Waals surface area contributed by atoms with E-state index in [1.54, 1.807) is 6.08 Å². The molecule has 0 aromatic rings. The summed E-state index contributed by atoms with van der Waals surface area (Å²) in [5.74, 6) is 0. The molecule has 0 amide bonds. The van der Waals surface area contributed by atoms with Crippen molar-refractivity contribution in [1.82, 2.24) is 0 Å². The van der Waals surface area contributed by atoms with Crippen molar-refractivity contribution < 1.29 is 4.79 Å². The Bertz CT molecular complexity index is 201. The summed E-state index contributed by atoms with van der Waals surface area (Å²) in [6.45, 7) is 6.91. The molecule has 1 nitrogen and oxygen atoms in total. The predicted molar refractivity (Wildman–Crippen MR) is 84.9 cm³/mol. The van der Waals surface area contributed by atoms with E-state index in [9.17, 15) is 4.79 Å². The Balaban J connectivity index is 4.60. The maximum atomic E-state index is 10.5. The van der Waals surface area contributed by atoms with E-state index in [2.05, 4.69) is 26.8 Å². The van der Waals surface area contributed by atoms with Crippen LogP contribution in [0.1, 0.15) is 59.3 Å². The SMILES string of the molecule is CCC[CH2][Sn]([CH2]/C=C/C=O)([CH2]CCC)[CH2]CCC. The summed E-state index contributed by atoms with van der Waals surface area (Å²) in [6.07, 6.45) is 13.1. The van der Waals surface area contributed by atoms with Crippen molar-refractivity contribution in [3.05, 3.63) is 12.2 Å². The van der Waals surface area contributed by atoms with Crippen LogP contribution in [0.5, 0.6) is 0 Å². The summed E-state index contributed by atoms with van der Waals surface area (Å²) in [5, 5.41) is 0. The number of hydrogen-bond acceptors (Lipinski definition) is 1. The summed E-state index contributed by atoms with van der Waals surface area (Å²) < 4.78 is 5.91. The van der Waals surface area contributed by atoms with Gasteiger partial charge in [0.1, 0.15) is 0 Å². The Morgan fingerprint density at radius 3 is 1.61 bits per heavy atom. The number of carbonyl (C=O) groups excluding carboxylic acids is 1. The van der Waals surface area contributed by atoms with E-state index in [1.165, 1.54) is 56.3 Å². The molecule has 0 heterocycles. The third kappa shape index (κ3) is 8.33. The first-order chi connectivity index (χ1) is 8.74. The molecular formula is C16H32OSn. The van der Waals surface area contributed by atoms with Crippen LogP contribution in [0.4, 0.5) is 0 Å². The van der Waals surface area contributed by atoms with E-state index in [4.69, 9.17) is 0 Å². The van der Waals surface area contributed by atoms with E-state index in [0.717, 1.165) is 6.29 Å². The van der Waals surface area contributed by atoms with Gasteiger partial charge in [0, 0.05) is 0 Å². The van der Waals surface area contributed by atoms with Crippen molar-refractivity contribution >= 4 is 24.7 Å². The third-order valence-electron chi connectivity index (χ3n) is 3.95. The van der Waals surface area contributed by atoms with Gasteiger partial charge in [0.15, 0.2) is 0 Å². The summed E-state index contributed by atoms with van der Waals surface area (Å²) in [7, 11) is 0. The first-order valence-corrected chi connectivity index (χ1v) is 15.9. The average Bonchev–Trinajstić information content (AvgIpc) is 2.40. The van der Waals surface area contributed by atoms with Gasteiger partial charge in [-0.1, -0.05) is 0 Å². The minimum absolute atomic E-state index is 0.941. The number of hydrogen-bond donors (Lipinski definition) is 0. The van der Waals surface area contributed by atoms with E-state index in [1.807, 2.05) is 0 Å². The molecule has 0 N–H and O–H groups in total. The molecule has 0 rings (SSSR count). The monoisotopic (exact) mass is 360 g/mol. The third-order valence-corrected chi connectivity index (χ3v) is 19.2. The second kappa shape index (κ2) is 12.3. The number of carbonyl (C=O) groups is 1. The fourth-order valence-electron chi connectivity index (χ4n) is 2.71. The quantitative estimate of drug-likeness (QED) is 0.252. The van der Waals surface area contributed by atoms with Crippen molar-refractivity contribution in [3.63, 3.8) is 0 Å². The normalized spacial score (nSPS) is 12.2. The van der Waals surface area contributed by atoms with Gasteiger partial charge < -0.3 is 0 Å². The van der Waals surface area contributed by atoms with Gasteiger partial charge in [0.05, 0.1) is 0 Å². The Morgan fingerprint density at radius 2 is 1.28 bits per heavy atom. The van der Waals surface area contributed by atoms with Crippen LogP contribution in [0, 0.1) is 0 Å². The molecule has 0 saturated heterocycles. The zero-order chi connectivity index (χ0) is 13.7. The molecule has 0 aliphatic carbocycles. The van der Waals surface area contributed by atoms with Crippen LogP contribution in [0.15, 0.2) is 12.2 Å². The molecule has 18 heavy (non-hydrogen) atoms. The molecular weight excluding hydrogens is 327 g/mol. The van der Waals surface area contributed by atoms with E-state index >= 15 is 0 Å². The van der Waals surface area contributed by atoms with Crippen LogP contribution >= 0.6 is 0 Å². The first kappa shape index (κ1) is 18.2. The topological polar surface area (TPSA) is 17.1 Å². The van der Waals surface area contributed by atoms with Crippen LogP contribution in [-0.2, 0) is 4.79 Å². The molecule has 0 aliphatic heterocycles. The molecule has 0 bridgehead atoms. The number of unbranched alkanes of at least 4 members (excludes halogenated alkanes) is 3. The standard InChI is InChI=1S/C4H5O.3C4H9.Sn/c1-2-3-4-5;3*1-3-4-2;/h2-4H,1H2;3*1,3-4H2,2H3;/b3-2+;;;;. The van der Waals surface area contributed by atoms with Gasteiger partial charge in [-0.25, -0.2) is 0 Å². The summed E-state index contributed by atoms with van der Waals surface area (Å²) in [4.78, 5) is 10.5. The number of allylic oxidation sites excluding steroid dienone is 2. The summed E-state index contributed by atoms with van der Waals surface area (Å²) >= 11 is -1.96. The zero-order valence-electron chi connectivity index (χ0n) is 12.7. The van der Waals surface area contributed by atoms with Crippen molar-refractivity contribution in [2.45, 2.75) is 77.0 Å². The van der Waals surface area contributed by atoms with Crippen LogP contribution < -0.4 is 0 Å². The molecule has 0 aliphatic rings. The van der Waals surface area contributed by atoms with E-state index in [0.29, 0.717) is 0 Å². The summed E-state index contributed by atoms with van der Waals surface area (Å²) in [6, 6.07) is 0. The van der Waals surface area contributed by atoms with E-state index in [-0.39, 0.29) is 0 Å². The number of aldehydes is 1. The molecule has 0 saturated carbocycles. The van der Waals surface area contributed by atoms with E-state index < -0.39 is 18.4 Å². The molecule has 0 aromatic carbocycles. The molecule has 2 heteroatoms. The molecule has 0 radical (unpaired) electrons. The van der Waals surface area contributed by atoms with Gasteiger partial charge in [-0.2, -0.15) is 0 Å². The molecule has 0 spiro atoms. The fraction of sp³-hybridized carbons (Fsp3) is 0.812. The Labute approximate surface area is 118 Å². The second-order valence-corrected chi connectivity index (χ2v) is 19.6. The van der Waals surface area contributed by atoms with Crippen molar-refractivity contribution in [3.8, 4) is 0 Å². The Hall–Kier alpha value is 0.209. The maximum absolute atomic E-state index is 10.5. The van der Waals surface area contributed by atoms with Gasteiger partial charge in [-0.05, 0) is 0 Å². The van der Waals surface area contributed by atoms with Crippen molar-refractivity contribution in [2.24, 2.45) is 0 Å².